The van der Waals surface area contributed by atoms with Crippen LogP contribution in [0.3, 0.4) is 0 Å². The van der Waals surface area contributed by atoms with E-state index in [9.17, 15) is 48.6 Å². The van der Waals surface area contributed by atoms with Crippen LogP contribution in [0.15, 0.2) is 48.5 Å². The Morgan fingerprint density at radius 1 is 0.755 bits per heavy atom. The van der Waals surface area contributed by atoms with Crippen molar-refractivity contribution in [2.45, 2.75) is 84.2 Å². The summed E-state index contributed by atoms with van der Waals surface area (Å²) in [6, 6.07) is 10.3. The number of anilines is 2. The summed E-state index contributed by atoms with van der Waals surface area (Å²) in [6.45, 7) is 4.55. The molecular weight excluding hydrogens is 692 g/mol. The van der Waals surface area contributed by atoms with Crippen LogP contribution in [0.5, 0.6) is 0 Å². The lowest BCUT2D eigenvalue weighted by molar-refractivity contribution is -0.148. The molecule has 0 aliphatic rings. The number of benzene rings is 2. The smallest absolute Gasteiger partial charge is 0.326 e. The molecule has 0 heterocycles. The molecule has 2 rings (SSSR count). The number of aliphatic hydroxyl groups excluding tert-OH is 1. The number of aliphatic carboxylic acids is 3. The molecule has 53 heavy (non-hydrogen) atoms. The zero-order valence-electron chi connectivity index (χ0n) is 29.9. The lowest BCUT2D eigenvalue weighted by Crippen LogP contribution is -2.48. The number of aryl methyl sites for hydroxylation is 1. The minimum Gasteiger partial charge on any atom is -0.481 e. The molecule has 288 valence electrons. The number of carboxylic acids is 3. The molecule has 5 atom stereocenters. The Kier molecular flexibility index (Phi) is 17.8. The van der Waals surface area contributed by atoms with Gasteiger partial charge in [0.15, 0.2) is 5.78 Å². The van der Waals surface area contributed by atoms with E-state index in [0.29, 0.717) is 23.4 Å². The fourth-order valence-electron chi connectivity index (χ4n) is 5.43. The third-order valence-corrected chi connectivity index (χ3v) is 8.74. The van der Waals surface area contributed by atoms with Gasteiger partial charge < -0.3 is 41.7 Å². The normalized spacial score (nSPS) is 13.7. The van der Waals surface area contributed by atoms with Crippen LogP contribution < -0.4 is 21.3 Å². The predicted octanol–water partition coefficient (Wildman–Crippen LogP) is 3.15. The molecule has 16 nitrogen and oxygen atoms in total. The number of carboxylic acid groups (broad SMARTS) is 3. The van der Waals surface area contributed by atoms with Crippen molar-refractivity contribution < 1.29 is 58.8 Å². The molecule has 0 saturated heterocycles. The Labute approximate surface area is 306 Å². The van der Waals surface area contributed by atoms with E-state index in [1.165, 1.54) is 0 Å². The number of aliphatic hydroxyl groups is 1. The first kappa shape index (κ1) is 43.5. The van der Waals surface area contributed by atoms with Gasteiger partial charge in [-0.2, -0.15) is 0 Å². The molecule has 0 radical (unpaired) electrons. The summed E-state index contributed by atoms with van der Waals surface area (Å²) in [5.74, 6) is -9.74. The number of hydrogen-bond acceptors (Lipinski definition) is 9. The second kappa shape index (κ2) is 21.7. The number of ketones is 2. The van der Waals surface area contributed by atoms with Crippen molar-refractivity contribution in [3.8, 4) is 0 Å². The first-order valence-electron chi connectivity index (χ1n) is 17.2. The average molecular weight is 741 g/mol. The van der Waals surface area contributed by atoms with Crippen LogP contribution in [0.2, 0.25) is 0 Å². The molecule has 8 N–H and O–H groups in total. The largest absolute Gasteiger partial charge is 0.481 e. The molecule has 0 bridgehead atoms. The highest BCUT2D eigenvalue weighted by molar-refractivity contribution is 6.00. The predicted molar refractivity (Wildman–Crippen MR) is 192 cm³/mol. The van der Waals surface area contributed by atoms with E-state index in [-0.39, 0.29) is 43.8 Å². The van der Waals surface area contributed by atoms with Crippen LogP contribution in [0.1, 0.15) is 69.9 Å². The van der Waals surface area contributed by atoms with Crippen molar-refractivity contribution in [2.24, 2.45) is 17.8 Å². The summed E-state index contributed by atoms with van der Waals surface area (Å²) in [6.07, 6.45) is -1.84. The highest BCUT2D eigenvalue weighted by Crippen LogP contribution is 2.23. The van der Waals surface area contributed by atoms with Gasteiger partial charge in [-0.15, -0.1) is 0 Å². The van der Waals surface area contributed by atoms with E-state index in [1.54, 1.807) is 43.3 Å². The lowest BCUT2D eigenvalue weighted by atomic mass is 9.85. The van der Waals surface area contributed by atoms with E-state index < -0.39 is 84.9 Å². The molecular formula is C37H48N4O12. The van der Waals surface area contributed by atoms with E-state index in [0.717, 1.165) is 5.56 Å². The molecule has 0 aliphatic carbocycles. The van der Waals surface area contributed by atoms with E-state index in [1.807, 2.05) is 31.3 Å². The van der Waals surface area contributed by atoms with Crippen molar-refractivity contribution >= 4 is 58.7 Å². The third kappa shape index (κ3) is 15.2. The zero-order valence-corrected chi connectivity index (χ0v) is 29.9. The van der Waals surface area contributed by atoms with Gasteiger partial charge in [-0.1, -0.05) is 50.6 Å². The van der Waals surface area contributed by atoms with Crippen molar-refractivity contribution in [1.82, 2.24) is 10.6 Å². The second-order valence-electron chi connectivity index (χ2n) is 12.9. The van der Waals surface area contributed by atoms with Crippen molar-refractivity contribution in [1.29, 1.82) is 0 Å². The zero-order chi connectivity index (χ0) is 39.7. The molecule has 0 aliphatic heterocycles. The first-order valence-corrected chi connectivity index (χ1v) is 17.2. The van der Waals surface area contributed by atoms with E-state index in [2.05, 4.69) is 16.0 Å². The summed E-state index contributed by atoms with van der Waals surface area (Å²) in [4.78, 5) is 99.0. The van der Waals surface area contributed by atoms with Crippen LogP contribution in [0, 0.1) is 24.7 Å². The summed E-state index contributed by atoms with van der Waals surface area (Å²) < 4.78 is 0. The van der Waals surface area contributed by atoms with Gasteiger partial charge in [-0.25, -0.2) is 9.59 Å². The summed E-state index contributed by atoms with van der Waals surface area (Å²) in [5.41, 5.74) is 2.67. The van der Waals surface area contributed by atoms with Gasteiger partial charge in [-0.05, 0) is 55.0 Å². The standard InChI is InChI=1S/C37H48N4O12/c1-4-21(2)27(18-26(43)16-23-12-14-25(15-13-23)38-37(53)41-28-9-6-5-8-22(28)3)35(50)39-29(10-7-11-32(45)46)31(44)17-24(20-42)34(49)40-30(36(51)52)19-33(47)48/h5-6,8-9,12-15,21,24,27,29-30,42H,4,7,10-11,16-20H2,1-3H3,(H,39,50)(H,40,49)(H,45,46)(H,47,48)(H,51,52)(H2,38,41,53)/t21?,24-,27-,29-,30-/m0/s1. The maximum atomic E-state index is 13.6. The Balaban J connectivity index is 2.12. The van der Waals surface area contributed by atoms with Gasteiger partial charge in [-0.3, -0.25) is 28.8 Å². The molecule has 16 heteroatoms. The molecule has 1 unspecified atom stereocenters. The van der Waals surface area contributed by atoms with Crippen molar-refractivity contribution in [2.75, 3.05) is 17.2 Å². The number of carbonyl (C=O) groups excluding carboxylic acids is 5. The second-order valence-corrected chi connectivity index (χ2v) is 12.9. The van der Waals surface area contributed by atoms with Crippen LogP contribution in [-0.2, 0) is 40.0 Å². The number of nitrogens with one attached hydrogen (secondary N) is 4. The summed E-state index contributed by atoms with van der Waals surface area (Å²) in [7, 11) is 0. The number of carbonyl (C=O) groups is 8. The molecule has 0 saturated carbocycles. The monoisotopic (exact) mass is 740 g/mol. The molecule has 2 aromatic carbocycles. The summed E-state index contributed by atoms with van der Waals surface area (Å²) >= 11 is 0. The van der Waals surface area contributed by atoms with Crippen LogP contribution in [-0.4, -0.2) is 86.4 Å². The number of para-hydroxylation sites is 1. The van der Waals surface area contributed by atoms with Crippen LogP contribution >= 0.6 is 0 Å². The topological polar surface area (TPSA) is 266 Å². The maximum Gasteiger partial charge on any atom is 0.326 e. The summed E-state index contributed by atoms with van der Waals surface area (Å²) in [5, 5.41) is 47.2. The fourth-order valence-corrected chi connectivity index (χ4v) is 5.43. The molecule has 0 aromatic heterocycles. The minimum atomic E-state index is -1.82. The minimum absolute atomic E-state index is 0.0244. The number of rotatable bonds is 23. The molecule has 0 spiro atoms. The molecule has 2 aromatic rings. The highest BCUT2D eigenvalue weighted by atomic mass is 16.4. The molecule has 0 fully saturated rings. The Bertz CT molecular complexity index is 1630. The first-order chi connectivity index (χ1) is 25.0. The van der Waals surface area contributed by atoms with Gasteiger partial charge in [0.1, 0.15) is 11.8 Å². The number of hydrogen-bond donors (Lipinski definition) is 8. The maximum absolute atomic E-state index is 13.6. The Morgan fingerprint density at radius 2 is 1.40 bits per heavy atom. The highest BCUT2D eigenvalue weighted by Gasteiger charge is 2.33. The lowest BCUT2D eigenvalue weighted by Gasteiger charge is -2.26. The van der Waals surface area contributed by atoms with E-state index in [4.69, 9.17) is 10.2 Å². The quantitative estimate of drug-likeness (QED) is 0.0817. The number of urea groups is 1. The Hall–Kier alpha value is -5.64. The third-order valence-electron chi connectivity index (χ3n) is 8.74. The SMILES string of the molecule is CCC(C)[C@H](CC(=O)Cc1ccc(NC(=O)Nc2ccccc2C)cc1)C(=O)N[C@@H](CCCC(=O)O)C(=O)C[C@@H](CO)C(=O)N[C@@H](CC(=O)O)C(=O)O. The van der Waals surface area contributed by atoms with Gasteiger partial charge in [0.25, 0.3) is 0 Å². The van der Waals surface area contributed by atoms with Gasteiger partial charge in [0.05, 0.1) is 25.0 Å². The van der Waals surface area contributed by atoms with Crippen molar-refractivity contribution in [3.05, 3.63) is 59.7 Å². The van der Waals surface area contributed by atoms with Gasteiger partial charge in [0.2, 0.25) is 11.8 Å². The average Bonchev–Trinajstić information content (AvgIpc) is 3.09. The van der Waals surface area contributed by atoms with Gasteiger partial charge >= 0.3 is 23.9 Å². The van der Waals surface area contributed by atoms with Gasteiger partial charge in [0, 0.05) is 43.0 Å². The fraction of sp³-hybridized carbons (Fsp3) is 0.459. The number of amides is 4. The number of Topliss-reactive ketones (excluding diaryl/α,β-unsaturated/α-hetero) is 2. The molecule has 4 amide bonds. The Morgan fingerprint density at radius 3 is 1.96 bits per heavy atom. The van der Waals surface area contributed by atoms with Crippen LogP contribution in [0.4, 0.5) is 16.2 Å². The van der Waals surface area contributed by atoms with Crippen molar-refractivity contribution in [3.63, 3.8) is 0 Å². The van der Waals surface area contributed by atoms with E-state index >= 15 is 0 Å². The van der Waals surface area contributed by atoms with Crippen LogP contribution in [0.25, 0.3) is 0 Å².